The van der Waals surface area contributed by atoms with Crippen LogP contribution in [0.2, 0.25) is 0 Å². The normalized spacial score (nSPS) is 20.7. The third-order valence-corrected chi connectivity index (χ3v) is 9.80. The van der Waals surface area contributed by atoms with Crippen LogP contribution in [0.4, 0.5) is 0 Å². The van der Waals surface area contributed by atoms with Crippen molar-refractivity contribution in [2.75, 3.05) is 39.3 Å². The number of carbonyl (C=O) groups excluding carboxylic acids is 1. The number of benzene rings is 1. The maximum Gasteiger partial charge on any atom is 0.314 e. The number of likely N-dealkylation sites (tertiary alicyclic amines) is 1. The molecule has 3 heterocycles. The molecule has 0 aromatic heterocycles. The van der Waals surface area contributed by atoms with Gasteiger partial charge in [-0.2, -0.15) is 0 Å². The Labute approximate surface area is 262 Å². The van der Waals surface area contributed by atoms with Gasteiger partial charge in [-0.1, -0.05) is 65.7 Å². The fourth-order valence-corrected chi connectivity index (χ4v) is 6.83. The molecule has 4 rings (SSSR count). The molecule has 1 aromatic carbocycles. The first-order valence-electron chi connectivity index (χ1n) is 16.3. The van der Waals surface area contributed by atoms with Gasteiger partial charge in [-0.15, -0.1) is 18.8 Å². The topological polar surface area (TPSA) is 42.0 Å². The van der Waals surface area contributed by atoms with Crippen LogP contribution in [0.15, 0.2) is 17.7 Å². The molecule has 3 unspecified atom stereocenters. The van der Waals surface area contributed by atoms with E-state index in [1.807, 2.05) is 6.92 Å². The first kappa shape index (κ1) is 34.5. The maximum atomic E-state index is 13.6. The molecule has 3 atom stereocenters. The van der Waals surface area contributed by atoms with Gasteiger partial charge in [0.2, 0.25) is 0 Å². The highest BCUT2D eigenvalue weighted by Crippen LogP contribution is 2.50. The summed E-state index contributed by atoms with van der Waals surface area (Å²) in [6.07, 6.45) is 16.2. The van der Waals surface area contributed by atoms with E-state index in [-0.39, 0.29) is 24.3 Å². The van der Waals surface area contributed by atoms with Gasteiger partial charge in [0.15, 0.2) is 0 Å². The predicted octanol–water partition coefficient (Wildman–Crippen LogP) is 8.11. The molecule has 0 N–H and O–H groups in total. The number of rotatable bonds is 12. The summed E-state index contributed by atoms with van der Waals surface area (Å²) in [5.41, 5.74) is 4.24. The third-order valence-electron chi connectivity index (χ3n) is 9.80. The molecule has 0 radical (unpaired) electrons. The lowest BCUT2D eigenvalue weighted by Crippen LogP contribution is -2.42. The molecule has 3 aliphatic heterocycles. The average Bonchev–Trinajstić information content (AvgIpc) is 2.95. The van der Waals surface area contributed by atoms with Gasteiger partial charge in [-0.05, 0) is 99.8 Å². The van der Waals surface area contributed by atoms with Crippen LogP contribution in [0.3, 0.4) is 0 Å². The molecule has 1 aromatic rings. The van der Waals surface area contributed by atoms with Crippen LogP contribution in [0.5, 0.6) is 11.5 Å². The van der Waals surface area contributed by atoms with Gasteiger partial charge in [0.25, 0.3) is 0 Å². The number of esters is 1. The lowest BCUT2D eigenvalue weighted by Gasteiger charge is -2.42. The quantitative estimate of drug-likeness (QED) is 0.105. The highest BCUT2D eigenvalue weighted by molar-refractivity contribution is 5.86. The molecule has 0 spiro atoms. The van der Waals surface area contributed by atoms with Crippen molar-refractivity contribution in [2.24, 2.45) is 11.8 Å². The van der Waals surface area contributed by atoms with Crippen molar-refractivity contribution in [1.29, 1.82) is 0 Å². The van der Waals surface area contributed by atoms with Crippen LogP contribution in [-0.2, 0) is 4.79 Å². The summed E-state index contributed by atoms with van der Waals surface area (Å²) in [7, 11) is 0. The lowest BCUT2D eigenvalue weighted by molar-refractivity contribution is -0.138. The molecule has 0 saturated carbocycles. The number of ether oxygens (including phenoxy) is 2. The predicted molar refractivity (Wildman–Crippen MR) is 177 cm³/mol. The van der Waals surface area contributed by atoms with Gasteiger partial charge in [-0.25, -0.2) is 0 Å². The summed E-state index contributed by atoms with van der Waals surface area (Å²) >= 11 is 0. The number of halogens is 1. The minimum atomic E-state index is -0.415. The van der Waals surface area contributed by atoms with Gasteiger partial charge in [-0.3, -0.25) is 9.69 Å². The summed E-state index contributed by atoms with van der Waals surface area (Å²) in [6, 6.07) is 4.36. The number of terminal acetylenes is 1. The van der Waals surface area contributed by atoms with Gasteiger partial charge in [0, 0.05) is 13.1 Å². The average molecular weight is 599 g/mol. The van der Waals surface area contributed by atoms with Gasteiger partial charge in [0.1, 0.15) is 17.1 Å². The van der Waals surface area contributed by atoms with Crippen molar-refractivity contribution in [1.82, 2.24) is 9.80 Å². The Bertz CT molecular complexity index is 1130. The molecule has 1 fully saturated rings. The van der Waals surface area contributed by atoms with Crippen molar-refractivity contribution >= 4 is 23.9 Å². The molecular weight excluding hydrogens is 544 g/mol. The van der Waals surface area contributed by atoms with E-state index in [1.54, 1.807) is 0 Å². The van der Waals surface area contributed by atoms with Crippen LogP contribution in [0, 0.1) is 24.2 Å². The molecular formula is C36H55ClN2O3. The first-order chi connectivity index (χ1) is 19.6. The standard InChI is InChI=1S/C36H54N2O3.ClH/c1-8-10-12-15-26(3)28(5)29-23-32(40-35(39)27(4)16-21-37-19-13-11-14-20-37)34-30-25-38(18-9-2)22-17-31(30)36(6,7)41-33(34)24-29;/h2,23-24,26-28H,8,10-22,25H2,1,3-7H3;1H. The monoisotopic (exact) mass is 598 g/mol. The number of nitrogens with zero attached hydrogens (tertiary/aromatic N) is 2. The number of unbranched alkanes of at least 4 members (excludes halogenated alkanes) is 2. The van der Waals surface area contributed by atoms with E-state index in [4.69, 9.17) is 15.9 Å². The van der Waals surface area contributed by atoms with E-state index in [9.17, 15) is 4.79 Å². The van der Waals surface area contributed by atoms with Crippen LogP contribution in [-0.4, -0.2) is 60.6 Å². The molecule has 0 aliphatic carbocycles. The van der Waals surface area contributed by atoms with Gasteiger partial charge < -0.3 is 14.4 Å². The van der Waals surface area contributed by atoms with Crippen LogP contribution in [0.25, 0.3) is 5.57 Å². The zero-order valence-corrected chi connectivity index (χ0v) is 27.9. The smallest absolute Gasteiger partial charge is 0.314 e. The van der Waals surface area contributed by atoms with E-state index in [0.29, 0.717) is 24.1 Å². The van der Waals surface area contributed by atoms with Crippen molar-refractivity contribution in [3.8, 4) is 23.8 Å². The zero-order valence-electron chi connectivity index (χ0n) is 27.1. The second-order valence-electron chi connectivity index (χ2n) is 13.4. The van der Waals surface area contributed by atoms with Crippen molar-refractivity contribution in [2.45, 2.75) is 111 Å². The van der Waals surface area contributed by atoms with Gasteiger partial charge >= 0.3 is 5.97 Å². The van der Waals surface area contributed by atoms with Crippen molar-refractivity contribution < 1.29 is 14.3 Å². The lowest BCUT2D eigenvalue weighted by atomic mass is 9.79. The third kappa shape index (κ3) is 8.34. The van der Waals surface area contributed by atoms with Crippen molar-refractivity contribution in [3.63, 3.8) is 0 Å². The van der Waals surface area contributed by atoms with Gasteiger partial charge in [0.05, 0.1) is 18.0 Å². The Kier molecular flexibility index (Phi) is 12.8. The van der Waals surface area contributed by atoms with Crippen LogP contribution < -0.4 is 9.47 Å². The second kappa shape index (κ2) is 15.6. The molecule has 6 heteroatoms. The largest absolute Gasteiger partial charge is 0.483 e. The summed E-state index contributed by atoms with van der Waals surface area (Å²) in [6.45, 7) is 18.8. The number of hydrogen-bond donors (Lipinski definition) is 0. The molecule has 1 saturated heterocycles. The van der Waals surface area contributed by atoms with Crippen molar-refractivity contribution in [3.05, 3.63) is 28.8 Å². The molecule has 3 aliphatic rings. The molecule has 5 nitrogen and oxygen atoms in total. The fourth-order valence-electron chi connectivity index (χ4n) is 6.83. The maximum absolute atomic E-state index is 13.6. The minimum Gasteiger partial charge on any atom is -0.483 e. The molecule has 0 amide bonds. The SMILES string of the molecule is C#CCN1CCC2=C(C1)c1c(OC(=O)C(C)CCN3CCCCC3)cc(C(C)C(C)CCCCC)cc1OC2(C)C.Cl. The van der Waals surface area contributed by atoms with E-state index < -0.39 is 5.60 Å². The summed E-state index contributed by atoms with van der Waals surface area (Å²) in [5.74, 6) is 4.86. The summed E-state index contributed by atoms with van der Waals surface area (Å²) in [5, 5.41) is 0. The number of fused-ring (bicyclic) bond motifs is 2. The number of piperidine rings is 1. The summed E-state index contributed by atoms with van der Waals surface area (Å²) < 4.78 is 13.1. The highest BCUT2D eigenvalue weighted by Gasteiger charge is 2.40. The highest BCUT2D eigenvalue weighted by atomic mass is 35.5. The Morgan fingerprint density at radius 3 is 2.50 bits per heavy atom. The molecule has 42 heavy (non-hydrogen) atoms. The van der Waals surface area contributed by atoms with Crippen LogP contribution in [0.1, 0.15) is 116 Å². The van der Waals surface area contributed by atoms with E-state index in [1.165, 1.54) is 61.7 Å². The number of carbonyl (C=O) groups is 1. The van der Waals surface area contributed by atoms with E-state index in [0.717, 1.165) is 56.9 Å². The molecule has 234 valence electrons. The van der Waals surface area contributed by atoms with Crippen LogP contribution >= 0.6 is 12.4 Å². The fraction of sp³-hybridized carbons (Fsp3) is 0.694. The molecule has 0 bridgehead atoms. The second-order valence-corrected chi connectivity index (χ2v) is 13.4. The summed E-state index contributed by atoms with van der Waals surface area (Å²) in [4.78, 5) is 18.4. The zero-order chi connectivity index (χ0) is 29.6. The Morgan fingerprint density at radius 2 is 1.81 bits per heavy atom. The number of hydrogen-bond acceptors (Lipinski definition) is 5. The minimum absolute atomic E-state index is 0. The van der Waals surface area contributed by atoms with E-state index in [2.05, 4.69) is 62.5 Å². The Hall–Kier alpha value is -2.00. The van der Waals surface area contributed by atoms with E-state index >= 15 is 0 Å². The Morgan fingerprint density at radius 1 is 1.07 bits per heavy atom. The first-order valence-corrected chi connectivity index (χ1v) is 16.3. The Balaban J connectivity index is 0.00000484.